The van der Waals surface area contributed by atoms with Gasteiger partial charge in [0, 0.05) is 12.7 Å². The van der Waals surface area contributed by atoms with Gasteiger partial charge in [-0.2, -0.15) is 0 Å². The Kier molecular flexibility index (Phi) is 2.27. The van der Waals surface area contributed by atoms with Crippen molar-refractivity contribution in [1.29, 1.82) is 0 Å². The van der Waals surface area contributed by atoms with Crippen molar-refractivity contribution in [2.24, 2.45) is 4.99 Å². The molecule has 1 atom stereocenters. The van der Waals surface area contributed by atoms with Crippen LogP contribution in [0.15, 0.2) is 35.3 Å². The number of benzene rings is 1. The largest absolute Gasteiger partial charge is 0.366 e. The van der Waals surface area contributed by atoms with Gasteiger partial charge in [-0.25, -0.2) is 4.99 Å². The lowest BCUT2D eigenvalue weighted by Crippen LogP contribution is -2.51. The molecular weight excluding hydrogens is 188 g/mol. The van der Waals surface area contributed by atoms with E-state index < -0.39 is 5.72 Å². The maximum Gasteiger partial charge on any atom is 0.208 e. The van der Waals surface area contributed by atoms with Gasteiger partial charge in [0.15, 0.2) is 0 Å². The third-order valence-electron chi connectivity index (χ3n) is 2.98. The van der Waals surface area contributed by atoms with E-state index in [0.717, 1.165) is 5.56 Å². The van der Waals surface area contributed by atoms with E-state index in [1.54, 1.807) is 13.4 Å². The average molecular weight is 204 g/mol. The predicted molar refractivity (Wildman–Crippen MR) is 60.8 cm³/mol. The van der Waals surface area contributed by atoms with Gasteiger partial charge in [0.1, 0.15) is 0 Å². The Labute approximate surface area is 90.2 Å². The summed E-state index contributed by atoms with van der Waals surface area (Å²) >= 11 is 0. The molecule has 15 heavy (non-hydrogen) atoms. The number of methoxy groups -OCH3 is 1. The zero-order valence-corrected chi connectivity index (χ0v) is 9.32. The number of aliphatic imine (C=N–C) groups is 1. The van der Waals surface area contributed by atoms with Crippen molar-refractivity contribution >= 4 is 6.34 Å². The Morgan fingerprint density at radius 2 is 1.87 bits per heavy atom. The molecule has 3 heteroatoms. The molecule has 80 valence electrons. The third-order valence-corrected chi connectivity index (χ3v) is 2.98. The zero-order valence-electron chi connectivity index (χ0n) is 9.32. The predicted octanol–water partition coefficient (Wildman–Crippen LogP) is 1.90. The Hall–Kier alpha value is -1.35. The molecule has 0 saturated heterocycles. The van der Waals surface area contributed by atoms with Crippen LogP contribution in [-0.4, -0.2) is 19.0 Å². The highest BCUT2D eigenvalue weighted by Crippen LogP contribution is 2.39. The van der Waals surface area contributed by atoms with Gasteiger partial charge >= 0.3 is 0 Å². The molecule has 1 aliphatic rings. The summed E-state index contributed by atoms with van der Waals surface area (Å²) < 4.78 is 5.64. The molecule has 0 radical (unpaired) electrons. The first-order valence-electron chi connectivity index (χ1n) is 5.04. The molecule has 3 nitrogen and oxygen atoms in total. The normalized spacial score (nSPS) is 27.7. The molecule has 0 bridgehead atoms. The van der Waals surface area contributed by atoms with Crippen molar-refractivity contribution in [3.8, 4) is 0 Å². The van der Waals surface area contributed by atoms with Crippen molar-refractivity contribution in [1.82, 2.24) is 5.32 Å². The van der Waals surface area contributed by atoms with E-state index in [4.69, 9.17) is 4.74 Å². The highest BCUT2D eigenvalue weighted by atomic mass is 16.5. The maximum absolute atomic E-state index is 5.64. The van der Waals surface area contributed by atoms with Gasteiger partial charge in [0.05, 0.1) is 11.9 Å². The van der Waals surface area contributed by atoms with Gasteiger partial charge in [0.2, 0.25) is 5.72 Å². The van der Waals surface area contributed by atoms with Crippen LogP contribution < -0.4 is 5.32 Å². The molecule has 1 aromatic rings. The number of hydrogen-bond acceptors (Lipinski definition) is 3. The SMILES string of the molecule is COC1(c2ccccc2)N=CNC1(C)C. The lowest BCUT2D eigenvalue weighted by atomic mass is 9.86. The Balaban J connectivity index is 2.51. The van der Waals surface area contributed by atoms with Gasteiger partial charge in [-0.1, -0.05) is 30.3 Å². The molecule has 1 unspecified atom stereocenters. The number of nitrogens with one attached hydrogen (secondary N) is 1. The fraction of sp³-hybridized carbons (Fsp3) is 0.417. The van der Waals surface area contributed by atoms with Gasteiger partial charge < -0.3 is 10.1 Å². The fourth-order valence-electron chi connectivity index (χ4n) is 2.07. The van der Waals surface area contributed by atoms with E-state index in [9.17, 15) is 0 Å². The van der Waals surface area contributed by atoms with Gasteiger partial charge in [0.25, 0.3) is 0 Å². The topological polar surface area (TPSA) is 33.6 Å². The van der Waals surface area contributed by atoms with Crippen molar-refractivity contribution in [2.75, 3.05) is 7.11 Å². The Bertz CT molecular complexity index is 372. The highest BCUT2D eigenvalue weighted by molar-refractivity contribution is 5.61. The van der Waals surface area contributed by atoms with Crippen LogP contribution in [0, 0.1) is 0 Å². The fourth-order valence-corrected chi connectivity index (χ4v) is 2.07. The van der Waals surface area contributed by atoms with E-state index in [1.807, 2.05) is 30.3 Å². The first kappa shape index (κ1) is 10.2. The standard InChI is InChI=1S/C12H16N2O/c1-11(2)12(15-3,14-9-13-11)10-7-5-4-6-8-10/h4-9H,1-3H3,(H,13,14). The van der Waals surface area contributed by atoms with Crippen molar-refractivity contribution in [3.05, 3.63) is 35.9 Å². The molecule has 0 aromatic heterocycles. The second kappa shape index (κ2) is 3.35. The van der Waals surface area contributed by atoms with Crippen LogP contribution in [0.3, 0.4) is 0 Å². The summed E-state index contributed by atoms with van der Waals surface area (Å²) in [5.41, 5.74) is 0.218. The molecule has 0 aliphatic carbocycles. The second-order valence-corrected chi connectivity index (χ2v) is 4.24. The molecule has 1 heterocycles. The third kappa shape index (κ3) is 1.35. The molecule has 1 aromatic carbocycles. The van der Waals surface area contributed by atoms with Gasteiger partial charge in [-0.15, -0.1) is 0 Å². The molecule has 0 amide bonds. The minimum atomic E-state index is -0.617. The minimum absolute atomic E-state index is 0.233. The van der Waals surface area contributed by atoms with Crippen LogP contribution in [0.5, 0.6) is 0 Å². The van der Waals surface area contributed by atoms with E-state index >= 15 is 0 Å². The number of hydrogen-bond donors (Lipinski definition) is 1. The van der Waals surface area contributed by atoms with Crippen LogP contribution >= 0.6 is 0 Å². The van der Waals surface area contributed by atoms with E-state index in [-0.39, 0.29) is 5.54 Å². The van der Waals surface area contributed by atoms with Crippen LogP contribution in [0.1, 0.15) is 19.4 Å². The summed E-state index contributed by atoms with van der Waals surface area (Å²) in [6.45, 7) is 4.16. The molecule has 0 fully saturated rings. The summed E-state index contributed by atoms with van der Waals surface area (Å²) in [5.74, 6) is 0. The lowest BCUT2D eigenvalue weighted by Gasteiger charge is -2.38. The highest BCUT2D eigenvalue weighted by Gasteiger charge is 2.49. The maximum atomic E-state index is 5.64. The van der Waals surface area contributed by atoms with Crippen molar-refractivity contribution in [3.63, 3.8) is 0 Å². The first-order valence-corrected chi connectivity index (χ1v) is 5.04. The number of ether oxygens (including phenoxy) is 1. The summed E-state index contributed by atoms with van der Waals surface area (Å²) in [4.78, 5) is 4.45. The number of nitrogens with zero attached hydrogens (tertiary/aromatic N) is 1. The Morgan fingerprint density at radius 1 is 1.20 bits per heavy atom. The minimum Gasteiger partial charge on any atom is -0.366 e. The van der Waals surface area contributed by atoms with Gasteiger partial charge in [-0.05, 0) is 13.8 Å². The molecular formula is C12H16N2O. The molecule has 1 N–H and O–H groups in total. The Morgan fingerprint density at radius 3 is 2.33 bits per heavy atom. The average Bonchev–Trinajstić information content (AvgIpc) is 2.55. The summed E-state index contributed by atoms with van der Waals surface area (Å²) in [5, 5.41) is 3.22. The van der Waals surface area contributed by atoms with Gasteiger partial charge in [-0.3, -0.25) is 0 Å². The second-order valence-electron chi connectivity index (χ2n) is 4.24. The molecule has 0 saturated carbocycles. The lowest BCUT2D eigenvalue weighted by molar-refractivity contribution is -0.0562. The first-order chi connectivity index (χ1) is 7.12. The zero-order chi connectivity index (χ0) is 10.9. The van der Waals surface area contributed by atoms with E-state index in [1.165, 1.54) is 0 Å². The summed E-state index contributed by atoms with van der Waals surface area (Å²) in [7, 11) is 1.69. The van der Waals surface area contributed by atoms with E-state index in [2.05, 4.69) is 24.2 Å². The van der Waals surface area contributed by atoms with Crippen LogP contribution in [0.25, 0.3) is 0 Å². The number of rotatable bonds is 2. The smallest absolute Gasteiger partial charge is 0.208 e. The van der Waals surface area contributed by atoms with Crippen molar-refractivity contribution in [2.45, 2.75) is 25.1 Å². The summed E-state index contributed by atoms with van der Waals surface area (Å²) in [6, 6.07) is 10.1. The van der Waals surface area contributed by atoms with Crippen LogP contribution in [0.4, 0.5) is 0 Å². The van der Waals surface area contributed by atoms with Crippen molar-refractivity contribution < 1.29 is 4.74 Å². The van der Waals surface area contributed by atoms with E-state index in [0.29, 0.717) is 0 Å². The van der Waals surface area contributed by atoms with Crippen LogP contribution in [0.2, 0.25) is 0 Å². The van der Waals surface area contributed by atoms with Crippen LogP contribution in [-0.2, 0) is 10.5 Å². The molecule has 2 rings (SSSR count). The summed E-state index contributed by atoms with van der Waals surface area (Å²) in [6.07, 6.45) is 1.72. The molecule has 0 spiro atoms. The quantitative estimate of drug-likeness (QED) is 0.798. The molecule has 1 aliphatic heterocycles. The monoisotopic (exact) mass is 204 g/mol.